The van der Waals surface area contributed by atoms with Gasteiger partial charge in [-0.15, -0.1) is 10.2 Å². The number of morpholine rings is 1. The highest BCUT2D eigenvalue weighted by Crippen LogP contribution is 2.21. The lowest BCUT2D eigenvalue weighted by Crippen LogP contribution is -2.49. The summed E-state index contributed by atoms with van der Waals surface area (Å²) in [6.45, 7) is 0.792. The fourth-order valence-electron chi connectivity index (χ4n) is 1.95. The third-order valence-corrected chi connectivity index (χ3v) is 3.31. The van der Waals surface area contributed by atoms with Crippen LogP contribution in [0, 0.1) is 0 Å². The molecule has 108 valence electrons. The molecule has 9 heteroatoms. The van der Waals surface area contributed by atoms with Crippen molar-refractivity contribution < 1.29 is 19.4 Å². The molecule has 1 atom stereocenters. The minimum atomic E-state index is -1.00. The molecule has 0 saturated carbocycles. The average Bonchev–Trinajstić information content (AvgIpc) is 2.41. The smallest absolute Gasteiger partial charge is 0.305 e. The Bertz CT molecular complexity index is 540. The number of aromatic nitrogens is 2. The van der Waals surface area contributed by atoms with E-state index in [2.05, 4.69) is 10.2 Å². The van der Waals surface area contributed by atoms with Crippen LogP contribution in [0.2, 0.25) is 10.3 Å². The van der Waals surface area contributed by atoms with Crippen molar-refractivity contribution in [1.82, 2.24) is 15.1 Å². The molecule has 1 saturated heterocycles. The van der Waals surface area contributed by atoms with Crippen molar-refractivity contribution in [2.45, 2.75) is 12.5 Å². The molecule has 1 aliphatic heterocycles. The fraction of sp³-hybridized carbons (Fsp3) is 0.455. The molecule has 1 unspecified atom stereocenters. The normalized spacial score (nSPS) is 18.9. The van der Waals surface area contributed by atoms with Crippen molar-refractivity contribution in [3.63, 3.8) is 0 Å². The lowest BCUT2D eigenvalue weighted by atomic mass is 10.1. The standard InChI is InChI=1S/C11H11Cl2N3O4/c12-8-4-7(10(13)15-14-8)11(19)16-1-2-20-5-6(16)3-9(17)18/h4,6H,1-3,5H2,(H,17,18). The molecule has 2 heterocycles. The highest BCUT2D eigenvalue weighted by Gasteiger charge is 2.31. The van der Waals surface area contributed by atoms with Gasteiger partial charge in [0, 0.05) is 6.54 Å². The minimum Gasteiger partial charge on any atom is -0.481 e. The van der Waals surface area contributed by atoms with Crippen molar-refractivity contribution in [1.29, 1.82) is 0 Å². The van der Waals surface area contributed by atoms with Gasteiger partial charge in [0.15, 0.2) is 10.3 Å². The predicted molar refractivity (Wildman–Crippen MR) is 69.9 cm³/mol. The molecule has 7 nitrogen and oxygen atoms in total. The Morgan fingerprint density at radius 3 is 2.90 bits per heavy atom. The van der Waals surface area contributed by atoms with E-state index in [0.717, 1.165) is 0 Å². The molecule has 1 N–H and O–H groups in total. The Morgan fingerprint density at radius 1 is 1.45 bits per heavy atom. The minimum absolute atomic E-state index is 0.0424. The van der Waals surface area contributed by atoms with Gasteiger partial charge >= 0.3 is 5.97 Å². The van der Waals surface area contributed by atoms with Gasteiger partial charge in [-0.2, -0.15) is 0 Å². The van der Waals surface area contributed by atoms with Crippen molar-refractivity contribution in [3.8, 4) is 0 Å². The molecule has 1 amide bonds. The van der Waals surface area contributed by atoms with E-state index in [9.17, 15) is 9.59 Å². The van der Waals surface area contributed by atoms with Gasteiger partial charge in [-0.25, -0.2) is 0 Å². The number of carboxylic acid groups (broad SMARTS) is 1. The first-order chi connectivity index (χ1) is 9.49. The summed E-state index contributed by atoms with van der Waals surface area (Å²) in [5.74, 6) is -1.43. The number of nitrogens with zero attached hydrogens (tertiary/aromatic N) is 3. The van der Waals surface area contributed by atoms with Gasteiger partial charge < -0.3 is 14.7 Å². The van der Waals surface area contributed by atoms with Crippen LogP contribution in [-0.4, -0.2) is 57.9 Å². The number of carboxylic acids is 1. The predicted octanol–water partition coefficient (Wildman–Crippen LogP) is 1.10. The van der Waals surface area contributed by atoms with Crippen LogP contribution in [-0.2, 0) is 9.53 Å². The third kappa shape index (κ3) is 3.36. The molecule has 0 spiro atoms. The highest BCUT2D eigenvalue weighted by molar-refractivity contribution is 6.34. The van der Waals surface area contributed by atoms with Crippen LogP contribution >= 0.6 is 23.2 Å². The van der Waals surface area contributed by atoms with Crippen LogP contribution < -0.4 is 0 Å². The molecular weight excluding hydrogens is 309 g/mol. The first kappa shape index (κ1) is 15.0. The summed E-state index contributed by atoms with van der Waals surface area (Å²) in [6.07, 6.45) is -0.199. The zero-order chi connectivity index (χ0) is 14.7. The molecule has 0 aliphatic carbocycles. The summed E-state index contributed by atoms with van der Waals surface area (Å²) in [4.78, 5) is 24.7. The number of rotatable bonds is 3. The molecule has 1 fully saturated rings. The summed E-state index contributed by atoms with van der Waals surface area (Å²) in [6, 6.07) is 0.767. The number of aliphatic carboxylic acids is 1. The van der Waals surface area contributed by atoms with E-state index < -0.39 is 17.9 Å². The topological polar surface area (TPSA) is 92.6 Å². The SMILES string of the molecule is O=C(O)CC1COCCN1C(=O)c1cc(Cl)nnc1Cl. The van der Waals surface area contributed by atoms with Gasteiger partial charge in [0.25, 0.3) is 5.91 Å². The summed E-state index contributed by atoms with van der Waals surface area (Å²) in [5.41, 5.74) is 0.101. The average molecular weight is 320 g/mol. The number of halogens is 2. The third-order valence-electron chi connectivity index (χ3n) is 2.85. The summed E-state index contributed by atoms with van der Waals surface area (Å²) in [5, 5.41) is 15.9. The molecule has 0 bridgehead atoms. The van der Waals surface area contributed by atoms with Gasteiger partial charge in [-0.05, 0) is 6.07 Å². The van der Waals surface area contributed by atoms with E-state index in [1.807, 2.05) is 0 Å². The molecular formula is C11H11Cl2N3O4. The zero-order valence-corrected chi connectivity index (χ0v) is 11.8. The van der Waals surface area contributed by atoms with E-state index >= 15 is 0 Å². The number of hydrogen-bond donors (Lipinski definition) is 1. The first-order valence-corrected chi connectivity index (χ1v) is 6.54. The van der Waals surface area contributed by atoms with Crippen LogP contribution in [0.4, 0.5) is 0 Å². The second-order valence-corrected chi connectivity index (χ2v) is 4.94. The van der Waals surface area contributed by atoms with Crippen LogP contribution in [0.25, 0.3) is 0 Å². The zero-order valence-electron chi connectivity index (χ0n) is 10.3. The number of carbonyl (C=O) groups is 2. The van der Waals surface area contributed by atoms with Crippen molar-refractivity contribution in [2.75, 3.05) is 19.8 Å². The van der Waals surface area contributed by atoms with Gasteiger partial charge in [-0.1, -0.05) is 23.2 Å². The second-order valence-electron chi connectivity index (χ2n) is 4.20. The van der Waals surface area contributed by atoms with Gasteiger partial charge in [0.1, 0.15) is 0 Å². The maximum absolute atomic E-state index is 12.4. The number of amides is 1. The molecule has 0 aromatic carbocycles. The maximum Gasteiger partial charge on any atom is 0.305 e. The van der Waals surface area contributed by atoms with Crippen LogP contribution in [0.3, 0.4) is 0 Å². The maximum atomic E-state index is 12.4. The molecule has 20 heavy (non-hydrogen) atoms. The summed E-state index contributed by atoms with van der Waals surface area (Å²) < 4.78 is 5.21. The van der Waals surface area contributed by atoms with Crippen molar-refractivity contribution in [3.05, 3.63) is 21.9 Å². The lowest BCUT2D eigenvalue weighted by molar-refractivity contribution is -0.139. The summed E-state index contributed by atoms with van der Waals surface area (Å²) >= 11 is 11.5. The number of hydrogen-bond acceptors (Lipinski definition) is 5. The van der Waals surface area contributed by atoms with E-state index in [1.165, 1.54) is 11.0 Å². The Hall–Kier alpha value is -1.44. The highest BCUT2D eigenvalue weighted by atomic mass is 35.5. The van der Waals surface area contributed by atoms with Crippen LogP contribution in [0.5, 0.6) is 0 Å². The monoisotopic (exact) mass is 319 g/mol. The number of carbonyl (C=O) groups excluding carboxylic acids is 1. The van der Waals surface area contributed by atoms with Crippen molar-refractivity contribution >= 4 is 35.1 Å². The summed E-state index contributed by atoms with van der Waals surface area (Å²) in [7, 11) is 0. The van der Waals surface area contributed by atoms with Crippen molar-refractivity contribution in [2.24, 2.45) is 0 Å². The quantitative estimate of drug-likeness (QED) is 0.896. The molecule has 1 aromatic heterocycles. The van der Waals surface area contributed by atoms with Gasteiger partial charge in [0.05, 0.1) is 31.2 Å². The molecule has 1 aromatic rings. The van der Waals surface area contributed by atoms with Gasteiger partial charge in [0.2, 0.25) is 0 Å². The van der Waals surface area contributed by atoms with Gasteiger partial charge in [-0.3, -0.25) is 9.59 Å². The largest absolute Gasteiger partial charge is 0.481 e. The Labute approximate surface area is 124 Å². The molecule has 1 aliphatic rings. The van der Waals surface area contributed by atoms with Crippen LogP contribution in [0.1, 0.15) is 16.8 Å². The number of ether oxygens (including phenoxy) is 1. The van der Waals surface area contributed by atoms with E-state index in [0.29, 0.717) is 6.61 Å². The van der Waals surface area contributed by atoms with Crippen LogP contribution in [0.15, 0.2) is 6.07 Å². The molecule has 2 rings (SSSR count). The van der Waals surface area contributed by atoms with E-state index in [-0.39, 0.29) is 35.4 Å². The second kappa shape index (κ2) is 6.34. The van der Waals surface area contributed by atoms with E-state index in [4.69, 9.17) is 33.0 Å². The molecule has 0 radical (unpaired) electrons. The Morgan fingerprint density at radius 2 is 2.20 bits per heavy atom. The Balaban J connectivity index is 2.25. The fourth-order valence-corrected chi connectivity index (χ4v) is 2.27. The first-order valence-electron chi connectivity index (χ1n) is 5.78. The Kier molecular flexibility index (Phi) is 4.74. The lowest BCUT2D eigenvalue weighted by Gasteiger charge is -2.34. The van der Waals surface area contributed by atoms with E-state index in [1.54, 1.807) is 0 Å².